The molecular weight excluding hydrogens is 246 g/mol. The maximum atomic E-state index is 10.5. The van der Waals surface area contributed by atoms with Crippen molar-refractivity contribution in [1.29, 1.82) is 0 Å². The first kappa shape index (κ1) is 13.2. The van der Waals surface area contributed by atoms with Crippen LogP contribution in [0.5, 0.6) is 0 Å². The van der Waals surface area contributed by atoms with Gasteiger partial charge in [0.15, 0.2) is 0 Å². The van der Waals surface area contributed by atoms with Crippen LogP contribution >= 0.6 is 0 Å². The van der Waals surface area contributed by atoms with Crippen molar-refractivity contribution in [3.05, 3.63) is 48.0 Å². The zero-order valence-corrected chi connectivity index (χ0v) is 12.2. The summed E-state index contributed by atoms with van der Waals surface area (Å²) in [4.78, 5) is 3.41. The summed E-state index contributed by atoms with van der Waals surface area (Å²) in [6.45, 7) is 6.41. The molecule has 1 aromatic heterocycles. The van der Waals surface area contributed by atoms with Crippen molar-refractivity contribution in [2.24, 2.45) is 11.8 Å². The predicted octanol–water partition coefficient (Wildman–Crippen LogP) is 4.65. The van der Waals surface area contributed by atoms with Gasteiger partial charge in [-0.2, -0.15) is 0 Å². The Morgan fingerprint density at radius 2 is 1.60 bits per heavy atom. The summed E-state index contributed by atoms with van der Waals surface area (Å²) in [6.07, 6.45) is -0.409. The molecule has 3 aromatic rings. The van der Waals surface area contributed by atoms with Crippen molar-refractivity contribution in [3.8, 4) is 0 Å². The quantitative estimate of drug-likeness (QED) is 0.712. The first-order valence-electron chi connectivity index (χ1n) is 7.26. The summed E-state index contributed by atoms with van der Waals surface area (Å²) < 4.78 is 0. The van der Waals surface area contributed by atoms with Gasteiger partial charge in [-0.25, -0.2) is 0 Å². The van der Waals surface area contributed by atoms with E-state index >= 15 is 0 Å². The fraction of sp³-hybridized carbons (Fsp3) is 0.333. The van der Waals surface area contributed by atoms with Crippen LogP contribution in [0.4, 0.5) is 0 Å². The molecule has 0 saturated heterocycles. The van der Waals surface area contributed by atoms with Crippen LogP contribution in [0.3, 0.4) is 0 Å². The fourth-order valence-corrected chi connectivity index (χ4v) is 2.72. The van der Waals surface area contributed by atoms with E-state index in [9.17, 15) is 5.11 Å². The number of aromatic nitrogens is 1. The van der Waals surface area contributed by atoms with Crippen LogP contribution in [0, 0.1) is 11.8 Å². The number of hydrogen-bond donors (Lipinski definition) is 2. The standard InChI is InChI=1S/C18H21NO/c1-11(2)12(3)18(20)13-8-9-17-15(10-13)14-6-4-5-7-16(14)19-17/h4-12,18-20H,1-3H3. The molecule has 0 aliphatic rings. The Hall–Kier alpha value is -1.80. The number of aliphatic hydroxyl groups excluding tert-OH is 1. The molecule has 0 bridgehead atoms. The highest BCUT2D eigenvalue weighted by atomic mass is 16.3. The molecule has 0 radical (unpaired) electrons. The summed E-state index contributed by atoms with van der Waals surface area (Å²) in [5, 5.41) is 12.9. The number of fused-ring (bicyclic) bond motifs is 3. The second-order valence-corrected chi connectivity index (χ2v) is 6.02. The van der Waals surface area contributed by atoms with E-state index in [1.54, 1.807) is 0 Å². The molecule has 2 atom stereocenters. The molecule has 2 N–H and O–H groups in total. The van der Waals surface area contributed by atoms with E-state index in [2.05, 4.69) is 56.1 Å². The third-order valence-electron chi connectivity index (χ3n) is 4.42. The summed E-state index contributed by atoms with van der Waals surface area (Å²) in [5.74, 6) is 0.710. The monoisotopic (exact) mass is 267 g/mol. The van der Waals surface area contributed by atoms with Gasteiger partial charge in [-0.05, 0) is 35.6 Å². The van der Waals surface area contributed by atoms with Gasteiger partial charge in [0, 0.05) is 21.8 Å². The molecule has 3 rings (SSSR count). The fourth-order valence-electron chi connectivity index (χ4n) is 2.72. The lowest BCUT2D eigenvalue weighted by atomic mass is 9.88. The van der Waals surface area contributed by atoms with Crippen molar-refractivity contribution in [2.75, 3.05) is 0 Å². The molecule has 0 saturated carbocycles. The number of hydrogen-bond acceptors (Lipinski definition) is 1. The van der Waals surface area contributed by atoms with E-state index < -0.39 is 6.10 Å². The van der Waals surface area contributed by atoms with Crippen LogP contribution in [0.2, 0.25) is 0 Å². The van der Waals surface area contributed by atoms with Crippen molar-refractivity contribution < 1.29 is 5.11 Å². The van der Waals surface area contributed by atoms with Gasteiger partial charge >= 0.3 is 0 Å². The SMILES string of the molecule is CC(C)C(C)C(O)c1ccc2[nH]c3ccccc3c2c1. The van der Waals surface area contributed by atoms with Crippen molar-refractivity contribution in [1.82, 2.24) is 4.98 Å². The zero-order valence-electron chi connectivity index (χ0n) is 12.2. The van der Waals surface area contributed by atoms with Gasteiger partial charge in [0.1, 0.15) is 0 Å². The molecule has 0 amide bonds. The largest absolute Gasteiger partial charge is 0.388 e. The van der Waals surface area contributed by atoms with Gasteiger partial charge in [-0.3, -0.25) is 0 Å². The molecule has 0 aliphatic heterocycles. The van der Waals surface area contributed by atoms with Gasteiger partial charge in [0.2, 0.25) is 0 Å². The normalized spacial score (nSPS) is 15.1. The number of benzene rings is 2. The van der Waals surface area contributed by atoms with Crippen LogP contribution in [-0.4, -0.2) is 10.1 Å². The molecular formula is C18H21NO. The predicted molar refractivity (Wildman–Crippen MR) is 84.8 cm³/mol. The molecule has 0 fully saturated rings. The summed E-state index contributed by atoms with van der Waals surface area (Å²) in [6, 6.07) is 14.5. The van der Waals surface area contributed by atoms with Gasteiger partial charge in [0.05, 0.1) is 6.10 Å². The van der Waals surface area contributed by atoms with Gasteiger partial charge in [-0.1, -0.05) is 45.0 Å². The van der Waals surface area contributed by atoms with E-state index in [4.69, 9.17) is 0 Å². The highest BCUT2D eigenvalue weighted by molar-refractivity contribution is 6.07. The van der Waals surface area contributed by atoms with E-state index in [0.717, 1.165) is 16.6 Å². The van der Waals surface area contributed by atoms with Crippen molar-refractivity contribution >= 4 is 21.8 Å². The minimum absolute atomic E-state index is 0.248. The number of aliphatic hydroxyl groups is 1. The number of aromatic amines is 1. The number of para-hydroxylation sites is 1. The van der Waals surface area contributed by atoms with Crippen molar-refractivity contribution in [2.45, 2.75) is 26.9 Å². The van der Waals surface area contributed by atoms with Gasteiger partial charge in [0.25, 0.3) is 0 Å². The minimum atomic E-state index is -0.409. The maximum absolute atomic E-state index is 10.5. The maximum Gasteiger partial charge on any atom is 0.0818 e. The Morgan fingerprint density at radius 3 is 2.35 bits per heavy atom. The summed E-state index contributed by atoms with van der Waals surface area (Å²) in [5.41, 5.74) is 3.27. The molecule has 0 spiro atoms. The van der Waals surface area contributed by atoms with E-state index in [0.29, 0.717) is 5.92 Å². The molecule has 20 heavy (non-hydrogen) atoms. The highest BCUT2D eigenvalue weighted by Gasteiger charge is 2.20. The number of rotatable bonds is 3. The lowest BCUT2D eigenvalue weighted by Crippen LogP contribution is -2.14. The van der Waals surface area contributed by atoms with Gasteiger partial charge < -0.3 is 10.1 Å². The third kappa shape index (κ3) is 2.10. The van der Waals surface area contributed by atoms with E-state index in [1.807, 2.05) is 12.1 Å². The molecule has 2 heteroatoms. The average molecular weight is 267 g/mol. The van der Waals surface area contributed by atoms with E-state index in [-0.39, 0.29) is 5.92 Å². The van der Waals surface area contributed by atoms with Crippen LogP contribution in [-0.2, 0) is 0 Å². The zero-order chi connectivity index (χ0) is 14.3. The Balaban J connectivity index is 2.12. The van der Waals surface area contributed by atoms with Crippen LogP contribution in [0.1, 0.15) is 32.4 Å². The Morgan fingerprint density at radius 1 is 0.900 bits per heavy atom. The van der Waals surface area contributed by atoms with Crippen LogP contribution < -0.4 is 0 Å². The summed E-state index contributed by atoms with van der Waals surface area (Å²) >= 11 is 0. The lowest BCUT2D eigenvalue weighted by Gasteiger charge is -2.22. The second kappa shape index (κ2) is 4.95. The van der Waals surface area contributed by atoms with Crippen molar-refractivity contribution in [3.63, 3.8) is 0 Å². The lowest BCUT2D eigenvalue weighted by molar-refractivity contribution is 0.0922. The van der Waals surface area contributed by atoms with Gasteiger partial charge in [-0.15, -0.1) is 0 Å². The summed E-state index contributed by atoms with van der Waals surface area (Å²) in [7, 11) is 0. The first-order valence-corrected chi connectivity index (χ1v) is 7.26. The Kier molecular flexibility index (Phi) is 3.27. The van der Waals surface area contributed by atoms with E-state index in [1.165, 1.54) is 10.8 Å². The molecule has 1 heterocycles. The Labute approximate surface area is 119 Å². The minimum Gasteiger partial charge on any atom is -0.388 e. The topological polar surface area (TPSA) is 36.0 Å². The van der Waals surface area contributed by atoms with Crippen LogP contribution in [0.25, 0.3) is 21.8 Å². The molecule has 104 valence electrons. The Bertz CT molecular complexity index is 741. The number of H-pyrrole nitrogens is 1. The average Bonchev–Trinajstić information content (AvgIpc) is 2.83. The third-order valence-corrected chi connectivity index (χ3v) is 4.42. The van der Waals surface area contributed by atoms with Crippen LogP contribution in [0.15, 0.2) is 42.5 Å². The molecule has 0 aliphatic carbocycles. The smallest absolute Gasteiger partial charge is 0.0818 e. The molecule has 2 aromatic carbocycles. The second-order valence-electron chi connectivity index (χ2n) is 6.02. The number of nitrogens with one attached hydrogen (secondary N) is 1. The highest BCUT2D eigenvalue weighted by Crippen LogP contribution is 2.32. The molecule has 2 nitrogen and oxygen atoms in total. The molecule has 2 unspecified atom stereocenters. The first-order chi connectivity index (χ1) is 9.58.